The van der Waals surface area contributed by atoms with Crippen LogP contribution in [0.2, 0.25) is 0 Å². The molecule has 8 heteroatoms. The van der Waals surface area contributed by atoms with Gasteiger partial charge in [0.05, 0.1) is 6.61 Å². The van der Waals surface area contributed by atoms with Gasteiger partial charge in [0.25, 0.3) is 0 Å². The molecule has 2 aromatic carbocycles. The number of aromatic nitrogens is 2. The summed E-state index contributed by atoms with van der Waals surface area (Å²) in [4.78, 5) is 7.99. The fourth-order valence-corrected chi connectivity index (χ4v) is 3.31. The molecule has 5 nitrogen and oxygen atoms in total. The van der Waals surface area contributed by atoms with Crippen LogP contribution in [-0.2, 0) is 12.6 Å². The van der Waals surface area contributed by atoms with E-state index >= 15 is 0 Å². The van der Waals surface area contributed by atoms with Crippen LogP contribution < -0.4 is 15.4 Å². The van der Waals surface area contributed by atoms with Crippen molar-refractivity contribution < 1.29 is 17.9 Å². The Hall–Kier alpha value is -3.29. The number of aryl methyl sites for hydroxylation is 1. The third kappa shape index (κ3) is 7.10. The molecule has 3 aromatic rings. The maximum Gasteiger partial charge on any atom is 0.421 e. The number of anilines is 4. The second kappa shape index (κ2) is 11.5. The van der Waals surface area contributed by atoms with Gasteiger partial charge in [-0.1, -0.05) is 51.3 Å². The Morgan fingerprint density at radius 1 is 0.909 bits per heavy atom. The average molecular weight is 459 g/mol. The average Bonchev–Trinajstić information content (AvgIpc) is 2.80. The smallest absolute Gasteiger partial charge is 0.421 e. The van der Waals surface area contributed by atoms with Crippen LogP contribution in [0, 0.1) is 0 Å². The Labute approximate surface area is 192 Å². The molecule has 0 fully saturated rings. The van der Waals surface area contributed by atoms with Crippen molar-refractivity contribution in [1.29, 1.82) is 0 Å². The molecule has 0 spiro atoms. The second-order valence-corrected chi connectivity index (χ2v) is 7.65. The number of alkyl halides is 3. The lowest BCUT2D eigenvalue weighted by Crippen LogP contribution is -2.13. The van der Waals surface area contributed by atoms with Gasteiger partial charge in [-0.05, 0) is 48.7 Å². The number of benzene rings is 2. The third-order valence-electron chi connectivity index (χ3n) is 5.12. The van der Waals surface area contributed by atoms with E-state index in [1.54, 1.807) is 24.3 Å². The topological polar surface area (TPSA) is 59.1 Å². The van der Waals surface area contributed by atoms with Crippen LogP contribution in [-0.4, -0.2) is 16.6 Å². The highest BCUT2D eigenvalue weighted by Gasteiger charge is 2.35. The molecular formula is C25H29F3N4O. The lowest BCUT2D eigenvalue weighted by Gasteiger charge is -2.16. The molecule has 0 radical (unpaired) electrons. The quantitative estimate of drug-likeness (QED) is 0.291. The van der Waals surface area contributed by atoms with Gasteiger partial charge in [0.15, 0.2) is 0 Å². The Morgan fingerprint density at radius 3 is 2.36 bits per heavy atom. The van der Waals surface area contributed by atoms with Crippen molar-refractivity contribution in [1.82, 2.24) is 9.97 Å². The highest BCUT2D eigenvalue weighted by atomic mass is 19.4. The van der Waals surface area contributed by atoms with Gasteiger partial charge in [0, 0.05) is 17.6 Å². The van der Waals surface area contributed by atoms with E-state index in [1.807, 2.05) is 31.2 Å². The highest BCUT2D eigenvalue weighted by molar-refractivity contribution is 5.65. The van der Waals surface area contributed by atoms with Crippen LogP contribution in [0.1, 0.15) is 50.7 Å². The zero-order valence-electron chi connectivity index (χ0n) is 18.9. The first kappa shape index (κ1) is 24.4. The van der Waals surface area contributed by atoms with Gasteiger partial charge in [0.2, 0.25) is 5.95 Å². The molecule has 0 bridgehead atoms. The Bertz CT molecular complexity index is 1020. The van der Waals surface area contributed by atoms with E-state index in [9.17, 15) is 13.2 Å². The van der Waals surface area contributed by atoms with Crippen molar-refractivity contribution in [2.24, 2.45) is 0 Å². The van der Waals surface area contributed by atoms with Crippen LogP contribution in [0.5, 0.6) is 5.75 Å². The summed E-state index contributed by atoms with van der Waals surface area (Å²) in [6.45, 7) is 4.76. The zero-order chi connectivity index (χ0) is 23.7. The lowest BCUT2D eigenvalue weighted by atomic mass is 10.1. The van der Waals surface area contributed by atoms with Gasteiger partial charge in [-0.25, -0.2) is 4.98 Å². The Morgan fingerprint density at radius 2 is 1.67 bits per heavy atom. The van der Waals surface area contributed by atoms with Crippen LogP contribution in [0.15, 0.2) is 54.7 Å². The SMILES string of the molecule is CCCCCCOc1ccc(Nc2ncc(C(F)(F)F)c(Nc3ccccc3CC)n2)cc1. The van der Waals surface area contributed by atoms with E-state index in [4.69, 9.17) is 4.74 Å². The molecule has 0 amide bonds. The van der Waals surface area contributed by atoms with Gasteiger partial charge in [0.1, 0.15) is 17.1 Å². The zero-order valence-corrected chi connectivity index (χ0v) is 18.9. The lowest BCUT2D eigenvalue weighted by molar-refractivity contribution is -0.137. The molecule has 0 aliphatic heterocycles. The summed E-state index contributed by atoms with van der Waals surface area (Å²) in [6.07, 6.45) is 1.39. The van der Waals surface area contributed by atoms with E-state index in [2.05, 4.69) is 27.5 Å². The maximum absolute atomic E-state index is 13.6. The van der Waals surface area contributed by atoms with Crippen molar-refractivity contribution in [3.05, 3.63) is 65.9 Å². The molecule has 3 rings (SSSR count). The molecule has 1 heterocycles. The summed E-state index contributed by atoms with van der Waals surface area (Å²) in [7, 11) is 0. The number of ether oxygens (including phenoxy) is 1. The summed E-state index contributed by atoms with van der Waals surface area (Å²) >= 11 is 0. The van der Waals surface area contributed by atoms with Crippen LogP contribution in [0.3, 0.4) is 0 Å². The van der Waals surface area contributed by atoms with Gasteiger partial charge >= 0.3 is 6.18 Å². The summed E-state index contributed by atoms with van der Waals surface area (Å²) < 4.78 is 46.4. The van der Waals surface area contributed by atoms with E-state index in [-0.39, 0.29) is 11.8 Å². The monoisotopic (exact) mass is 458 g/mol. The molecular weight excluding hydrogens is 429 g/mol. The van der Waals surface area contributed by atoms with Gasteiger partial charge < -0.3 is 15.4 Å². The molecule has 33 heavy (non-hydrogen) atoms. The highest BCUT2D eigenvalue weighted by Crippen LogP contribution is 2.36. The number of unbranched alkanes of at least 4 members (excludes halogenated alkanes) is 3. The normalized spacial score (nSPS) is 11.3. The van der Waals surface area contributed by atoms with Gasteiger partial charge in [-0.2, -0.15) is 18.2 Å². The largest absolute Gasteiger partial charge is 0.494 e. The number of halogens is 3. The Balaban J connectivity index is 1.74. The number of rotatable bonds is 11. The molecule has 0 atom stereocenters. The van der Waals surface area contributed by atoms with Crippen molar-refractivity contribution >= 4 is 23.1 Å². The maximum atomic E-state index is 13.6. The van der Waals surface area contributed by atoms with Crippen LogP contribution >= 0.6 is 0 Å². The predicted molar refractivity (Wildman–Crippen MR) is 125 cm³/mol. The van der Waals surface area contributed by atoms with Gasteiger partial charge in [-0.3, -0.25) is 0 Å². The molecule has 0 aliphatic carbocycles. The molecule has 0 unspecified atom stereocenters. The van der Waals surface area contributed by atoms with E-state index < -0.39 is 11.7 Å². The number of hydrogen-bond donors (Lipinski definition) is 2. The van der Waals surface area contributed by atoms with Gasteiger partial charge in [-0.15, -0.1) is 0 Å². The first-order chi connectivity index (χ1) is 15.9. The first-order valence-electron chi connectivity index (χ1n) is 11.2. The van der Waals surface area contributed by atoms with E-state index in [0.717, 1.165) is 30.4 Å². The predicted octanol–water partition coefficient (Wildman–Crippen LogP) is 7.50. The van der Waals surface area contributed by atoms with Crippen molar-refractivity contribution in [2.45, 2.75) is 52.1 Å². The number of para-hydroxylation sites is 1. The van der Waals surface area contributed by atoms with E-state index in [1.165, 1.54) is 12.8 Å². The summed E-state index contributed by atoms with van der Waals surface area (Å²) in [5.74, 6) is 0.504. The molecule has 0 saturated carbocycles. The number of hydrogen-bond acceptors (Lipinski definition) is 5. The minimum Gasteiger partial charge on any atom is -0.494 e. The fraction of sp³-hybridized carbons (Fsp3) is 0.360. The molecule has 2 N–H and O–H groups in total. The van der Waals surface area contributed by atoms with Crippen LogP contribution in [0.4, 0.5) is 36.3 Å². The minimum atomic E-state index is -4.59. The van der Waals surface area contributed by atoms with E-state index in [0.29, 0.717) is 24.4 Å². The second-order valence-electron chi connectivity index (χ2n) is 7.65. The van der Waals surface area contributed by atoms with Crippen molar-refractivity contribution in [2.75, 3.05) is 17.2 Å². The fourth-order valence-electron chi connectivity index (χ4n) is 3.31. The van der Waals surface area contributed by atoms with Crippen molar-refractivity contribution in [3.63, 3.8) is 0 Å². The number of nitrogens with zero attached hydrogens (tertiary/aromatic N) is 2. The summed E-state index contributed by atoms with van der Waals surface area (Å²) in [6, 6.07) is 14.4. The van der Waals surface area contributed by atoms with Crippen LogP contribution in [0.25, 0.3) is 0 Å². The number of nitrogens with one attached hydrogen (secondary N) is 2. The Kier molecular flexibility index (Phi) is 8.52. The minimum absolute atomic E-state index is 0.0627. The molecule has 0 saturated heterocycles. The molecule has 176 valence electrons. The summed E-state index contributed by atoms with van der Waals surface area (Å²) in [5, 5.41) is 5.80. The standard InChI is InChI=1S/C25H29F3N4O/c1-3-5-6-9-16-33-20-14-12-19(13-15-20)30-24-29-17-21(25(26,27)28)23(32-24)31-22-11-8-7-10-18(22)4-2/h7-8,10-15,17H,3-6,9,16H2,1-2H3,(H2,29,30,31,32). The molecule has 1 aromatic heterocycles. The van der Waals surface area contributed by atoms with Crippen molar-refractivity contribution in [3.8, 4) is 5.75 Å². The first-order valence-corrected chi connectivity index (χ1v) is 11.2. The molecule has 0 aliphatic rings. The third-order valence-corrected chi connectivity index (χ3v) is 5.12. The summed E-state index contributed by atoms with van der Waals surface area (Å²) in [5.41, 5.74) is 1.19.